The molecular weight excluding hydrogens is 543 g/mol. The van der Waals surface area contributed by atoms with Gasteiger partial charge < -0.3 is 15.0 Å². The predicted octanol–water partition coefficient (Wildman–Crippen LogP) is 6.03. The van der Waals surface area contributed by atoms with Crippen LogP contribution in [-0.2, 0) is 4.79 Å². The molecule has 3 aromatic rings. The highest BCUT2D eigenvalue weighted by Gasteiger charge is 2.29. The van der Waals surface area contributed by atoms with Crippen molar-refractivity contribution in [2.75, 3.05) is 37.6 Å². The van der Waals surface area contributed by atoms with E-state index in [2.05, 4.69) is 31.2 Å². The van der Waals surface area contributed by atoms with Gasteiger partial charge >= 0.3 is 0 Å². The number of nitriles is 1. The summed E-state index contributed by atoms with van der Waals surface area (Å²) in [6, 6.07) is 12.8. The zero-order valence-electron chi connectivity index (χ0n) is 24.8. The van der Waals surface area contributed by atoms with Gasteiger partial charge in [-0.3, -0.25) is 9.69 Å². The van der Waals surface area contributed by atoms with E-state index in [1.54, 1.807) is 31.6 Å². The number of piperazine rings is 1. The lowest BCUT2D eigenvalue weighted by Gasteiger charge is -2.37. The van der Waals surface area contributed by atoms with Gasteiger partial charge in [0, 0.05) is 44.7 Å². The van der Waals surface area contributed by atoms with Gasteiger partial charge in [-0.05, 0) is 105 Å². The Morgan fingerprint density at radius 3 is 2.53 bits per heavy atom. The summed E-state index contributed by atoms with van der Waals surface area (Å²) in [6.45, 7) is 6.25. The van der Waals surface area contributed by atoms with Crippen molar-refractivity contribution in [3.8, 4) is 28.7 Å². The summed E-state index contributed by atoms with van der Waals surface area (Å²) in [7, 11) is 0. The monoisotopic (exact) mass is 582 g/mol. The molecule has 3 aliphatic rings. The molecule has 1 amide bonds. The minimum absolute atomic E-state index is 0.0747. The molecule has 2 heterocycles. The number of hydrogen-bond acceptors (Lipinski definition) is 7. The fraction of sp³-hybridized carbons (Fsp3) is 0.471. The van der Waals surface area contributed by atoms with E-state index in [1.165, 1.54) is 31.4 Å². The van der Waals surface area contributed by atoms with Crippen LogP contribution in [0.5, 0.6) is 11.5 Å². The van der Waals surface area contributed by atoms with Crippen molar-refractivity contribution in [1.82, 2.24) is 20.2 Å². The molecule has 43 heavy (non-hydrogen) atoms. The lowest BCUT2D eigenvalue weighted by molar-refractivity contribution is -0.119. The Bertz CT molecular complexity index is 1490. The van der Waals surface area contributed by atoms with Gasteiger partial charge in [0.2, 0.25) is 5.91 Å². The Hall–Kier alpha value is -4.03. The van der Waals surface area contributed by atoms with E-state index in [0.717, 1.165) is 81.3 Å². The number of amides is 1. The lowest BCUT2D eigenvalue weighted by atomic mass is 9.84. The van der Waals surface area contributed by atoms with E-state index in [9.17, 15) is 14.4 Å². The lowest BCUT2D eigenvalue weighted by Crippen LogP contribution is -2.47. The highest BCUT2D eigenvalue weighted by atomic mass is 19.1. The van der Waals surface area contributed by atoms with Gasteiger partial charge in [-0.1, -0.05) is 6.07 Å². The zero-order valence-corrected chi connectivity index (χ0v) is 24.8. The number of hydrogen-bond donors (Lipinski definition) is 1. The van der Waals surface area contributed by atoms with Gasteiger partial charge in [0.25, 0.3) is 0 Å². The molecule has 2 saturated carbocycles. The van der Waals surface area contributed by atoms with Crippen LogP contribution in [0.1, 0.15) is 68.9 Å². The van der Waals surface area contributed by atoms with Crippen LogP contribution in [0.4, 0.5) is 10.2 Å². The van der Waals surface area contributed by atoms with Crippen LogP contribution >= 0.6 is 0 Å². The zero-order chi connectivity index (χ0) is 29.8. The summed E-state index contributed by atoms with van der Waals surface area (Å²) < 4.78 is 21.0. The standard InChI is InChI=1S/C34H39FN6O2/c1-23(42)39-28-8-2-24(3-9-28)12-13-40-14-16-41(17-15-40)34-33(21-37-22-38-34)43-32-11-7-27(35)19-31(32)29-10-4-25(20-36)18-30(29)26-5-6-26/h4,7,10-11,18-19,21-22,24,26,28H,2-3,5-6,8-9,12-17H2,1H3,(H,39,42)/t24-,28-. The van der Waals surface area contributed by atoms with Crippen molar-refractivity contribution in [1.29, 1.82) is 5.26 Å². The first-order valence-electron chi connectivity index (χ1n) is 15.5. The van der Waals surface area contributed by atoms with Gasteiger partial charge in [0.05, 0.1) is 17.8 Å². The van der Waals surface area contributed by atoms with E-state index in [1.807, 2.05) is 12.1 Å². The molecule has 6 rings (SSSR count). The van der Waals surface area contributed by atoms with Crippen molar-refractivity contribution in [3.05, 3.63) is 65.9 Å². The topological polar surface area (TPSA) is 94.4 Å². The summed E-state index contributed by atoms with van der Waals surface area (Å²) in [6.07, 6.45) is 11.1. The fourth-order valence-corrected chi connectivity index (χ4v) is 6.58. The molecule has 2 aliphatic carbocycles. The first-order valence-corrected chi connectivity index (χ1v) is 15.5. The molecule has 0 unspecified atom stereocenters. The predicted molar refractivity (Wildman–Crippen MR) is 163 cm³/mol. The largest absolute Gasteiger partial charge is 0.451 e. The van der Waals surface area contributed by atoms with Crippen LogP contribution in [-0.4, -0.2) is 59.5 Å². The number of carbonyl (C=O) groups is 1. The minimum Gasteiger partial charge on any atom is -0.451 e. The van der Waals surface area contributed by atoms with Crippen LogP contribution in [0.2, 0.25) is 0 Å². The van der Waals surface area contributed by atoms with Crippen LogP contribution < -0.4 is 15.0 Å². The molecule has 8 nitrogen and oxygen atoms in total. The Morgan fingerprint density at radius 1 is 1.02 bits per heavy atom. The van der Waals surface area contributed by atoms with E-state index >= 15 is 0 Å². The summed E-state index contributed by atoms with van der Waals surface area (Å²) in [5.41, 5.74) is 3.23. The van der Waals surface area contributed by atoms with Gasteiger partial charge in [-0.15, -0.1) is 0 Å². The average Bonchev–Trinajstić information content (AvgIpc) is 3.87. The van der Waals surface area contributed by atoms with Crippen LogP contribution in [0, 0.1) is 23.1 Å². The minimum atomic E-state index is -0.338. The molecule has 0 atom stereocenters. The van der Waals surface area contributed by atoms with Gasteiger partial charge in [-0.25, -0.2) is 14.4 Å². The number of halogens is 1. The summed E-state index contributed by atoms with van der Waals surface area (Å²) in [5, 5.41) is 12.5. The second-order valence-electron chi connectivity index (χ2n) is 12.2. The van der Waals surface area contributed by atoms with Crippen LogP contribution in [0.15, 0.2) is 48.9 Å². The van der Waals surface area contributed by atoms with Gasteiger partial charge in [0.1, 0.15) is 17.9 Å². The smallest absolute Gasteiger partial charge is 0.217 e. The fourth-order valence-electron chi connectivity index (χ4n) is 6.58. The van der Waals surface area contributed by atoms with Crippen molar-refractivity contribution in [2.24, 2.45) is 5.92 Å². The normalized spacial score (nSPS) is 20.8. The summed E-state index contributed by atoms with van der Waals surface area (Å²) >= 11 is 0. The van der Waals surface area contributed by atoms with E-state index in [4.69, 9.17) is 4.74 Å². The first kappa shape index (κ1) is 29.1. The number of aromatic nitrogens is 2. The van der Waals surface area contributed by atoms with Crippen LogP contribution in [0.3, 0.4) is 0 Å². The maximum absolute atomic E-state index is 14.6. The van der Waals surface area contributed by atoms with E-state index in [0.29, 0.717) is 34.6 Å². The Balaban J connectivity index is 1.11. The second-order valence-corrected chi connectivity index (χ2v) is 12.2. The van der Waals surface area contributed by atoms with Crippen molar-refractivity contribution in [3.63, 3.8) is 0 Å². The molecule has 9 heteroatoms. The summed E-state index contributed by atoms with van der Waals surface area (Å²) in [5.74, 6) is 2.66. The molecule has 0 radical (unpaired) electrons. The maximum atomic E-state index is 14.6. The Morgan fingerprint density at radius 2 is 1.81 bits per heavy atom. The van der Waals surface area contributed by atoms with E-state index < -0.39 is 0 Å². The SMILES string of the molecule is CC(=O)N[C@H]1CC[C@H](CCN2CCN(c3ncncc3Oc3ccc(F)cc3-c3ccc(C#N)cc3C3CC3)CC2)CC1. The number of nitrogens with zero attached hydrogens (tertiary/aromatic N) is 5. The molecule has 1 N–H and O–H groups in total. The number of anilines is 1. The highest BCUT2D eigenvalue weighted by molar-refractivity contribution is 5.76. The molecule has 2 aromatic carbocycles. The van der Waals surface area contributed by atoms with E-state index in [-0.39, 0.29) is 11.7 Å². The Labute approximate surface area is 252 Å². The molecule has 0 bridgehead atoms. The molecule has 224 valence electrons. The highest BCUT2D eigenvalue weighted by Crippen LogP contribution is 2.47. The van der Waals surface area contributed by atoms with Gasteiger partial charge in [-0.2, -0.15) is 5.26 Å². The molecular formula is C34H39FN6O2. The molecule has 1 aromatic heterocycles. The molecule has 0 spiro atoms. The van der Waals surface area contributed by atoms with Crippen LogP contribution in [0.25, 0.3) is 11.1 Å². The van der Waals surface area contributed by atoms with Crippen molar-refractivity contribution < 1.29 is 13.9 Å². The second kappa shape index (κ2) is 13.1. The third-order valence-corrected chi connectivity index (χ3v) is 9.09. The molecule has 1 aliphatic heterocycles. The number of rotatable bonds is 9. The van der Waals surface area contributed by atoms with Crippen molar-refractivity contribution >= 4 is 11.7 Å². The number of nitrogens with one attached hydrogen (secondary N) is 1. The average molecular weight is 583 g/mol. The number of carbonyl (C=O) groups excluding carboxylic acids is 1. The summed E-state index contributed by atoms with van der Waals surface area (Å²) in [4.78, 5) is 25.0. The van der Waals surface area contributed by atoms with Gasteiger partial charge in [0.15, 0.2) is 11.6 Å². The maximum Gasteiger partial charge on any atom is 0.217 e. The number of ether oxygens (including phenoxy) is 1. The Kier molecular flexibility index (Phi) is 8.85. The number of benzene rings is 2. The first-order chi connectivity index (χ1) is 21.0. The van der Waals surface area contributed by atoms with Crippen molar-refractivity contribution in [2.45, 2.75) is 63.8 Å². The quantitative estimate of drug-likeness (QED) is 0.329. The molecule has 3 fully saturated rings. The third kappa shape index (κ3) is 7.14. The third-order valence-electron chi connectivity index (χ3n) is 9.09. The molecule has 1 saturated heterocycles.